The molecule has 0 saturated heterocycles. The minimum atomic E-state index is 0.976. The third kappa shape index (κ3) is 4.85. The van der Waals surface area contributed by atoms with E-state index in [4.69, 9.17) is 0 Å². The van der Waals surface area contributed by atoms with Crippen LogP contribution >= 0.6 is 13.6 Å². The van der Waals surface area contributed by atoms with E-state index in [1.54, 1.807) is 0 Å². The Kier molecular flexibility index (Phi) is 9.11. The fourth-order valence-corrected chi connectivity index (χ4v) is 1.48. The Morgan fingerprint density at radius 1 is 1.20 bits per heavy atom. The van der Waals surface area contributed by atoms with Crippen molar-refractivity contribution in [3.05, 3.63) is 6.92 Å². The van der Waals surface area contributed by atoms with Crippen LogP contribution in [0.2, 0.25) is 0 Å². The van der Waals surface area contributed by atoms with Gasteiger partial charge in [0.15, 0.2) is 0 Å². The van der Waals surface area contributed by atoms with E-state index in [9.17, 15) is 0 Å². The predicted octanol–water partition coefficient (Wildman–Crippen LogP) is 3.63. The summed E-state index contributed by atoms with van der Waals surface area (Å²) in [6.45, 7) is 3.91. The number of halogens is 1. The first kappa shape index (κ1) is 11.1. The molecule has 0 aromatic rings. The number of hydrogen-bond donors (Lipinski definition) is 0. The van der Waals surface area contributed by atoms with Crippen LogP contribution in [-0.2, 0) is 16.3 Å². The zero-order chi connectivity index (χ0) is 7.82. The molecule has 0 bridgehead atoms. The van der Waals surface area contributed by atoms with E-state index in [1.807, 2.05) is 0 Å². The van der Waals surface area contributed by atoms with Crippen molar-refractivity contribution in [2.75, 3.05) is 0 Å². The van der Waals surface area contributed by atoms with Gasteiger partial charge in [-0.1, -0.05) is 38.0 Å². The van der Waals surface area contributed by atoms with Gasteiger partial charge in [0, 0.05) is 0 Å². The summed E-state index contributed by atoms with van der Waals surface area (Å²) in [6, 6.07) is 0. The number of hydrogen-bond acceptors (Lipinski definition) is 0. The van der Waals surface area contributed by atoms with Crippen molar-refractivity contribution in [2.24, 2.45) is 5.92 Å². The van der Waals surface area contributed by atoms with Crippen LogP contribution in [0.15, 0.2) is 0 Å². The average molecular weight is 257 g/mol. The van der Waals surface area contributed by atoms with E-state index in [1.165, 1.54) is 54.9 Å². The molecular formula is C8H15BrZn. The molecule has 0 amide bonds. The van der Waals surface area contributed by atoms with Gasteiger partial charge in [0.2, 0.25) is 0 Å². The monoisotopic (exact) mass is 254 g/mol. The molecule has 0 spiro atoms. The van der Waals surface area contributed by atoms with Gasteiger partial charge in [-0.2, -0.15) is 6.42 Å². The summed E-state index contributed by atoms with van der Waals surface area (Å²) in [5.41, 5.74) is 0. The molecule has 0 N–H and O–H groups in total. The molecule has 1 fully saturated rings. The maximum absolute atomic E-state index is 3.91. The summed E-state index contributed by atoms with van der Waals surface area (Å²) in [6.07, 6.45) is 8.45. The predicted molar refractivity (Wildman–Crippen MR) is 45.5 cm³/mol. The van der Waals surface area contributed by atoms with Crippen LogP contribution in [-0.4, -0.2) is 0 Å². The second-order valence-electron chi connectivity index (χ2n) is 2.79. The van der Waals surface area contributed by atoms with Crippen LogP contribution in [0.4, 0.5) is 0 Å². The molecule has 1 rings (SSSR count). The van der Waals surface area contributed by atoms with Crippen LogP contribution in [0.25, 0.3) is 0 Å². The van der Waals surface area contributed by atoms with Crippen molar-refractivity contribution in [3.8, 4) is 0 Å². The van der Waals surface area contributed by atoms with Crippen molar-refractivity contribution in [1.82, 2.24) is 0 Å². The molecule has 0 aromatic carbocycles. The zero-order valence-corrected chi connectivity index (χ0v) is 11.2. The standard InChI is InChI=1S/C8H15.BrH.Zn/c1-2-8-6-4-3-5-7-8;;/h8H,1-7H2;1H;/q-1;;+2/p-1. The van der Waals surface area contributed by atoms with E-state index in [0.717, 1.165) is 5.92 Å². The molecule has 0 aromatic heterocycles. The Morgan fingerprint density at radius 2 is 1.70 bits per heavy atom. The van der Waals surface area contributed by atoms with Crippen molar-refractivity contribution >= 4 is 13.6 Å². The summed E-state index contributed by atoms with van der Waals surface area (Å²) < 4.78 is 0. The first-order chi connectivity index (χ1) is 4.93. The topological polar surface area (TPSA) is 0 Å². The normalized spacial score (nSPS) is 19.6. The molecule has 0 heterocycles. The molecule has 1 aliphatic carbocycles. The third-order valence-corrected chi connectivity index (χ3v) is 2.13. The van der Waals surface area contributed by atoms with Gasteiger partial charge in [0.1, 0.15) is 0 Å². The summed E-state index contributed by atoms with van der Waals surface area (Å²) >= 11 is 4.25. The Labute approximate surface area is 81.2 Å². The fraction of sp³-hybridized carbons (Fsp3) is 0.875. The van der Waals surface area contributed by atoms with E-state index in [0.29, 0.717) is 0 Å². The van der Waals surface area contributed by atoms with Crippen molar-refractivity contribution in [1.29, 1.82) is 0 Å². The molecule has 10 heavy (non-hydrogen) atoms. The molecular weight excluding hydrogens is 241 g/mol. The Hall–Kier alpha value is 1.10. The SMILES string of the molecule is [CH2-]CC1CCCCC1.[Zn+][Br]. The average Bonchev–Trinajstić information content (AvgIpc) is 2.10. The Bertz CT molecular complexity index is 60.3. The molecule has 0 nitrogen and oxygen atoms in total. The van der Waals surface area contributed by atoms with Crippen molar-refractivity contribution < 1.29 is 16.3 Å². The second kappa shape index (κ2) is 8.20. The van der Waals surface area contributed by atoms with Gasteiger partial charge >= 0.3 is 30.0 Å². The fourth-order valence-electron chi connectivity index (χ4n) is 1.48. The second-order valence-corrected chi connectivity index (χ2v) is 2.79. The molecule has 0 aliphatic heterocycles. The molecule has 0 unspecified atom stereocenters. The summed E-state index contributed by atoms with van der Waals surface area (Å²) in [4.78, 5) is 0. The van der Waals surface area contributed by atoms with Crippen LogP contribution in [0.5, 0.6) is 0 Å². The quantitative estimate of drug-likeness (QED) is 0.496. The summed E-state index contributed by atoms with van der Waals surface area (Å²) in [7, 11) is 0. The Balaban J connectivity index is 0.000000371. The number of rotatable bonds is 1. The van der Waals surface area contributed by atoms with Gasteiger partial charge in [-0.05, 0) is 0 Å². The van der Waals surface area contributed by atoms with Gasteiger partial charge in [0.05, 0.1) is 0 Å². The molecule has 56 valence electrons. The molecule has 2 heteroatoms. The summed E-state index contributed by atoms with van der Waals surface area (Å²) in [5.74, 6) is 0.976. The van der Waals surface area contributed by atoms with Crippen LogP contribution in [0.3, 0.4) is 0 Å². The molecule has 0 radical (unpaired) electrons. The molecule has 0 atom stereocenters. The van der Waals surface area contributed by atoms with Gasteiger partial charge in [-0.3, -0.25) is 0 Å². The van der Waals surface area contributed by atoms with Crippen LogP contribution < -0.4 is 0 Å². The van der Waals surface area contributed by atoms with Crippen molar-refractivity contribution in [3.63, 3.8) is 0 Å². The first-order valence-electron chi connectivity index (χ1n) is 3.99. The molecule has 1 saturated carbocycles. The van der Waals surface area contributed by atoms with E-state index in [-0.39, 0.29) is 0 Å². The van der Waals surface area contributed by atoms with E-state index < -0.39 is 0 Å². The van der Waals surface area contributed by atoms with Crippen LogP contribution in [0, 0.1) is 12.8 Å². The maximum atomic E-state index is 3.91. The van der Waals surface area contributed by atoms with Crippen LogP contribution in [0.1, 0.15) is 38.5 Å². The first-order valence-corrected chi connectivity index (χ1v) is 10.9. The van der Waals surface area contributed by atoms with E-state index in [2.05, 4.69) is 20.5 Å². The minimum absolute atomic E-state index is 0.976. The summed E-state index contributed by atoms with van der Waals surface area (Å²) in [5, 5.41) is 0. The zero-order valence-electron chi connectivity index (χ0n) is 6.61. The molecule has 1 aliphatic rings. The van der Waals surface area contributed by atoms with E-state index >= 15 is 0 Å². The third-order valence-electron chi connectivity index (χ3n) is 2.13. The van der Waals surface area contributed by atoms with Gasteiger partial charge < -0.3 is 6.92 Å². The van der Waals surface area contributed by atoms with Gasteiger partial charge in [0.25, 0.3) is 0 Å². The van der Waals surface area contributed by atoms with Gasteiger partial charge in [-0.15, -0.1) is 0 Å². The van der Waals surface area contributed by atoms with Crippen molar-refractivity contribution in [2.45, 2.75) is 38.5 Å². The Morgan fingerprint density at radius 3 is 2.00 bits per heavy atom. The van der Waals surface area contributed by atoms with Gasteiger partial charge in [-0.25, -0.2) is 0 Å².